The van der Waals surface area contributed by atoms with Crippen LogP contribution in [0.25, 0.3) is 0 Å². The van der Waals surface area contributed by atoms with Gasteiger partial charge < -0.3 is 21.5 Å². The third-order valence-corrected chi connectivity index (χ3v) is 3.95. The molecule has 27 heavy (non-hydrogen) atoms. The van der Waals surface area contributed by atoms with E-state index < -0.39 is 0 Å². The number of carbonyl (C=O) groups is 1. The molecule has 1 saturated carbocycles. The first-order valence-electron chi connectivity index (χ1n) is 8.70. The van der Waals surface area contributed by atoms with Gasteiger partial charge in [0.25, 0.3) is 0 Å². The van der Waals surface area contributed by atoms with Crippen LogP contribution in [0.1, 0.15) is 19.3 Å². The Kier molecular flexibility index (Phi) is 5.77. The summed E-state index contributed by atoms with van der Waals surface area (Å²) in [5.74, 6) is 2.05. The van der Waals surface area contributed by atoms with E-state index in [1.54, 1.807) is 18.2 Å². The predicted molar refractivity (Wildman–Crippen MR) is 104 cm³/mol. The van der Waals surface area contributed by atoms with Gasteiger partial charge in [0.1, 0.15) is 23.0 Å². The van der Waals surface area contributed by atoms with E-state index >= 15 is 0 Å². The zero-order valence-corrected chi connectivity index (χ0v) is 14.9. The standard InChI is InChI=1S/C19H22N6O2/c1-12(13-6-7-13)27-16-5-3-2-4-14(16)24-25-15-8-9-17(23-19(15)21)22-18(26)10-11-20/h2-5,8-9,13H,1,6-7,10-11,20H2,(H3,21,22,23,26)/b25-24+. The lowest BCUT2D eigenvalue weighted by atomic mass is 10.3. The van der Waals surface area contributed by atoms with Gasteiger partial charge in [-0.2, -0.15) is 0 Å². The van der Waals surface area contributed by atoms with Crippen LogP contribution in [0.2, 0.25) is 0 Å². The number of nitrogen functional groups attached to an aromatic ring is 1. The minimum absolute atomic E-state index is 0.157. The Bertz CT molecular complexity index is 876. The Morgan fingerprint density at radius 3 is 2.67 bits per heavy atom. The number of azo groups is 1. The number of ether oxygens (including phenoxy) is 1. The van der Waals surface area contributed by atoms with Crippen LogP contribution in [0, 0.1) is 5.92 Å². The minimum atomic E-state index is -0.222. The van der Waals surface area contributed by atoms with Gasteiger partial charge in [-0.3, -0.25) is 4.79 Å². The zero-order chi connectivity index (χ0) is 19.2. The second kappa shape index (κ2) is 8.41. The van der Waals surface area contributed by atoms with Crippen LogP contribution in [-0.2, 0) is 4.79 Å². The molecule has 0 bridgehead atoms. The first-order chi connectivity index (χ1) is 13.1. The van der Waals surface area contributed by atoms with Crippen LogP contribution < -0.4 is 21.5 Å². The van der Waals surface area contributed by atoms with E-state index in [0.29, 0.717) is 28.9 Å². The molecule has 1 fully saturated rings. The van der Waals surface area contributed by atoms with Gasteiger partial charge in [0.2, 0.25) is 5.91 Å². The SMILES string of the molecule is C=C(Oc1ccccc1/N=N/c1ccc(NC(=O)CCN)nc1N)C1CC1. The number of amides is 1. The summed E-state index contributed by atoms with van der Waals surface area (Å²) in [7, 11) is 0. The topological polar surface area (TPSA) is 128 Å². The van der Waals surface area contributed by atoms with E-state index in [0.717, 1.165) is 18.6 Å². The lowest BCUT2D eigenvalue weighted by molar-refractivity contribution is -0.116. The third kappa shape index (κ3) is 5.11. The van der Waals surface area contributed by atoms with Crippen molar-refractivity contribution in [3.8, 4) is 5.75 Å². The van der Waals surface area contributed by atoms with Crippen LogP contribution in [0.5, 0.6) is 5.75 Å². The molecule has 1 heterocycles. The Balaban J connectivity index is 1.72. The van der Waals surface area contributed by atoms with Crippen LogP contribution in [0.3, 0.4) is 0 Å². The molecular weight excluding hydrogens is 344 g/mol. The summed E-state index contributed by atoms with van der Waals surface area (Å²) in [5, 5.41) is 11.0. The number of pyridine rings is 1. The number of hydrogen-bond donors (Lipinski definition) is 3. The van der Waals surface area contributed by atoms with E-state index in [9.17, 15) is 4.79 Å². The molecule has 0 spiro atoms. The quantitative estimate of drug-likeness (QED) is 0.485. The number of allylic oxidation sites excluding steroid dienone is 1. The van der Waals surface area contributed by atoms with Crippen molar-refractivity contribution in [1.29, 1.82) is 0 Å². The Labute approximate surface area is 157 Å². The fourth-order valence-corrected chi connectivity index (χ4v) is 2.32. The van der Waals surface area contributed by atoms with Crippen LogP contribution in [-0.4, -0.2) is 17.4 Å². The maximum absolute atomic E-state index is 11.6. The number of anilines is 2. The molecule has 2 aromatic rings. The van der Waals surface area contributed by atoms with Gasteiger partial charge in [0.05, 0.1) is 0 Å². The highest BCUT2D eigenvalue weighted by atomic mass is 16.5. The van der Waals surface area contributed by atoms with E-state index in [1.165, 1.54) is 0 Å². The molecule has 0 atom stereocenters. The molecule has 0 radical (unpaired) electrons. The maximum Gasteiger partial charge on any atom is 0.226 e. The Hall–Kier alpha value is -3.26. The molecule has 0 aliphatic heterocycles. The van der Waals surface area contributed by atoms with Crippen LogP contribution in [0.15, 0.2) is 59.0 Å². The molecule has 1 amide bonds. The summed E-state index contributed by atoms with van der Waals surface area (Å²) in [6.07, 6.45) is 2.43. The van der Waals surface area contributed by atoms with Crippen molar-refractivity contribution in [3.63, 3.8) is 0 Å². The number of hydrogen-bond acceptors (Lipinski definition) is 7. The van der Waals surface area contributed by atoms with E-state index in [-0.39, 0.29) is 24.7 Å². The third-order valence-electron chi connectivity index (χ3n) is 3.95. The van der Waals surface area contributed by atoms with Gasteiger partial charge >= 0.3 is 0 Å². The summed E-state index contributed by atoms with van der Waals surface area (Å²) in [4.78, 5) is 15.7. The predicted octanol–water partition coefficient (Wildman–Crippen LogP) is 3.67. The number of carbonyl (C=O) groups excluding carboxylic acids is 1. The highest BCUT2D eigenvalue weighted by molar-refractivity contribution is 5.90. The largest absolute Gasteiger partial charge is 0.460 e. The number of rotatable bonds is 8. The van der Waals surface area contributed by atoms with Gasteiger partial charge in [-0.15, -0.1) is 10.2 Å². The van der Waals surface area contributed by atoms with E-state index in [1.807, 2.05) is 18.2 Å². The van der Waals surface area contributed by atoms with Gasteiger partial charge in [0, 0.05) is 18.9 Å². The van der Waals surface area contributed by atoms with Crippen molar-refractivity contribution in [1.82, 2.24) is 4.98 Å². The molecule has 1 aliphatic rings. The molecule has 1 aromatic heterocycles. The zero-order valence-electron chi connectivity index (χ0n) is 14.9. The summed E-state index contributed by atoms with van der Waals surface area (Å²) in [5.41, 5.74) is 12.2. The van der Waals surface area contributed by atoms with Gasteiger partial charge in [0.15, 0.2) is 11.6 Å². The molecule has 1 aliphatic carbocycles. The molecule has 1 aromatic carbocycles. The number of para-hydroxylation sites is 1. The molecule has 8 heteroatoms. The van der Waals surface area contributed by atoms with Gasteiger partial charge in [-0.25, -0.2) is 4.98 Å². The average Bonchev–Trinajstić information content (AvgIpc) is 3.47. The van der Waals surface area contributed by atoms with Crippen molar-refractivity contribution in [3.05, 3.63) is 48.7 Å². The molecule has 8 nitrogen and oxygen atoms in total. The minimum Gasteiger partial charge on any atom is -0.460 e. The number of nitrogens with two attached hydrogens (primary N) is 2. The lowest BCUT2D eigenvalue weighted by Gasteiger charge is -2.09. The first kappa shape index (κ1) is 18.5. The molecular formula is C19H22N6O2. The van der Waals surface area contributed by atoms with Gasteiger partial charge in [-0.05, 0) is 37.1 Å². The summed E-state index contributed by atoms with van der Waals surface area (Å²) < 4.78 is 5.82. The second-order valence-corrected chi connectivity index (χ2v) is 6.20. The first-order valence-corrected chi connectivity index (χ1v) is 8.70. The second-order valence-electron chi connectivity index (χ2n) is 6.20. The fourth-order valence-electron chi connectivity index (χ4n) is 2.32. The van der Waals surface area contributed by atoms with E-state index in [4.69, 9.17) is 16.2 Å². The highest BCUT2D eigenvalue weighted by Gasteiger charge is 2.26. The average molecular weight is 366 g/mol. The maximum atomic E-state index is 11.6. The molecule has 3 rings (SSSR count). The molecule has 0 saturated heterocycles. The van der Waals surface area contributed by atoms with Crippen molar-refractivity contribution >= 4 is 28.9 Å². The van der Waals surface area contributed by atoms with Crippen molar-refractivity contribution < 1.29 is 9.53 Å². The van der Waals surface area contributed by atoms with Crippen molar-refractivity contribution in [2.75, 3.05) is 17.6 Å². The molecule has 5 N–H and O–H groups in total. The Morgan fingerprint density at radius 1 is 1.22 bits per heavy atom. The Morgan fingerprint density at radius 2 is 1.96 bits per heavy atom. The van der Waals surface area contributed by atoms with Crippen LogP contribution in [0.4, 0.5) is 23.0 Å². The monoisotopic (exact) mass is 366 g/mol. The number of nitrogens with one attached hydrogen (secondary N) is 1. The molecule has 140 valence electrons. The number of aromatic nitrogens is 1. The summed E-state index contributed by atoms with van der Waals surface area (Å²) >= 11 is 0. The summed E-state index contributed by atoms with van der Waals surface area (Å²) in [6.45, 7) is 4.23. The number of benzene rings is 1. The lowest BCUT2D eigenvalue weighted by Crippen LogP contribution is -2.17. The number of nitrogens with zero attached hydrogens (tertiary/aromatic N) is 3. The normalized spacial score (nSPS) is 13.5. The van der Waals surface area contributed by atoms with Crippen LogP contribution >= 0.6 is 0 Å². The highest BCUT2D eigenvalue weighted by Crippen LogP contribution is 2.39. The van der Waals surface area contributed by atoms with Crippen molar-refractivity contribution in [2.45, 2.75) is 19.3 Å². The van der Waals surface area contributed by atoms with Gasteiger partial charge in [-0.1, -0.05) is 18.7 Å². The van der Waals surface area contributed by atoms with Crippen molar-refractivity contribution in [2.24, 2.45) is 21.9 Å². The summed E-state index contributed by atoms with van der Waals surface area (Å²) in [6, 6.07) is 10.6. The molecule has 0 unspecified atom stereocenters. The fraction of sp³-hybridized carbons (Fsp3) is 0.263. The smallest absolute Gasteiger partial charge is 0.226 e. The van der Waals surface area contributed by atoms with E-state index in [2.05, 4.69) is 27.1 Å².